The Morgan fingerprint density at radius 3 is 2.80 bits per heavy atom. The lowest BCUT2D eigenvalue weighted by atomic mass is 10.1. The average Bonchev–Trinajstić information content (AvgIpc) is 3.03. The van der Waals surface area contributed by atoms with Gasteiger partial charge in [-0.1, -0.05) is 6.07 Å². The van der Waals surface area contributed by atoms with E-state index >= 15 is 0 Å². The number of benzene rings is 1. The van der Waals surface area contributed by atoms with Gasteiger partial charge in [0.1, 0.15) is 11.9 Å². The fourth-order valence-electron chi connectivity index (χ4n) is 2.83. The standard InChI is InChI=1S/C16H21N3O/c1-11(17)16(14-9-18-19(2)10-14)20-15-7-6-12-4-3-5-13(12)8-15/h6-11,16H,3-5,17H2,1-2H3. The highest BCUT2D eigenvalue weighted by Gasteiger charge is 2.21. The molecule has 0 spiro atoms. The zero-order valence-corrected chi connectivity index (χ0v) is 12.0. The Morgan fingerprint density at radius 2 is 2.10 bits per heavy atom. The highest BCUT2D eigenvalue weighted by molar-refractivity contribution is 5.38. The Hall–Kier alpha value is -1.81. The Balaban J connectivity index is 1.83. The molecule has 1 aromatic carbocycles. The number of hydrogen-bond acceptors (Lipinski definition) is 3. The third-order valence-corrected chi connectivity index (χ3v) is 3.86. The molecule has 1 aliphatic carbocycles. The smallest absolute Gasteiger partial charge is 0.141 e. The van der Waals surface area contributed by atoms with Crippen molar-refractivity contribution in [2.75, 3.05) is 0 Å². The molecule has 0 radical (unpaired) electrons. The van der Waals surface area contributed by atoms with Gasteiger partial charge in [0, 0.05) is 24.8 Å². The lowest BCUT2D eigenvalue weighted by Crippen LogP contribution is -2.28. The van der Waals surface area contributed by atoms with Gasteiger partial charge in [0.05, 0.1) is 6.20 Å². The minimum Gasteiger partial charge on any atom is -0.484 e. The van der Waals surface area contributed by atoms with Gasteiger partial charge in [-0.2, -0.15) is 5.10 Å². The predicted octanol–water partition coefficient (Wildman–Crippen LogP) is 2.38. The molecule has 2 aromatic rings. The second-order valence-electron chi connectivity index (χ2n) is 5.63. The Labute approximate surface area is 119 Å². The predicted molar refractivity (Wildman–Crippen MR) is 78.7 cm³/mol. The van der Waals surface area contributed by atoms with Gasteiger partial charge in [0.2, 0.25) is 0 Å². The van der Waals surface area contributed by atoms with Crippen molar-refractivity contribution in [1.29, 1.82) is 0 Å². The second kappa shape index (κ2) is 5.29. The van der Waals surface area contributed by atoms with Crippen LogP contribution in [0.3, 0.4) is 0 Å². The van der Waals surface area contributed by atoms with Crippen LogP contribution in [0, 0.1) is 0 Å². The molecule has 106 valence electrons. The van der Waals surface area contributed by atoms with Crippen LogP contribution < -0.4 is 10.5 Å². The molecule has 1 aromatic heterocycles. The summed E-state index contributed by atoms with van der Waals surface area (Å²) in [5.41, 5.74) is 9.96. The summed E-state index contributed by atoms with van der Waals surface area (Å²) in [5.74, 6) is 0.900. The molecule has 4 nitrogen and oxygen atoms in total. The normalized spacial score (nSPS) is 16.8. The van der Waals surface area contributed by atoms with Crippen molar-refractivity contribution in [2.45, 2.75) is 38.3 Å². The van der Waals surface area contributed by atoms with E-state index in [4.69, 9.17) is 10.5 Å². The van der Waals surface area contributed by atoms with E-state index in [1.807, 2.05) is 26.4 Å². The molecule has 0 amide bonds. The first kappa shape index (κ1) is 13.2. The highest BCUT2D eigenvalue weighted by Crippen LogP contribution is 2.29. The van der Waals surface area contributed by atoms with Crippen LogP contribution in [0.1, 0.15) is 36.1 Å². The Kier molecular flexibility index (Phi) is 3.49. The molecule has 3 rings (SSSR count). The summed E-state index contributed by atoms with van der Waals surface area (Å²) in [6.07, 6.45) is 7.21. The molecule has 2 unspecified atom stereocenters. The fourth-order valence-corrected chi connectivity index (χ4v) is 2.83. The number of aromatic nitrogens is 2. The van der Waals surface area contributed by atoms with Crippen LogP contribution in [0.5, 0.6) is 5.75 Å². The van der Waals surface area contributed by atoms with Crippen LogP contribution >= 0.6 is 0 Å². The molecule has 0 aliphatic heterocycles. The van der Waals surface area contributed by atoms with Gasteiger partial charge in [-0.05, 0) is 49.4 Å². The van der Waals surface area contributed by atoms with Crippen LogP contribution in [0.2, 0.25) is 0 Å². The molecule has 0 saturated carbocycles. The average molecular weight is 271 g/mol. The van der Waals surface area contributed by atoms with Gasteiger partial charge in [0.25, 0.3) is 0 Å². The second-order valence-corrected chi connectivity index (χ2v) is 5.63. The van der Waals surface area contributed by atoms with Crippen LogP contribution in [-0.2, 0) is 19.9 Å². The first-order chi connectivity index (χ1) is 9.63. The number of nitrogens with zero attached hydrogens (tertiary/aromatic N) is 2. The Bertz CT molecular complexity index is 604. The van der Waals surface area contributed by atoms with E-state index in [-0.39, 0.29) is 12.1 Å². The van der Waals surface area contributed by atoms with Crippen molar-refractivity contribution in [3.05, 3.63) is 47.3 Å². The number of ether oxygens (including phenoxy) is 1. The maximum atomic E-state index is 6.12. The molecule has 20 heavy (non-hydrogen) atoms. The largest absolute Gasteiger partial charge is 0.484 e. The quantitative estimate of drug-likeness (QED) is 0.929. The molecular formula is C16H21N3O. The monoisotopic (exact) mass is 271 g/mol. The van der Waals surface area contributed by atoms with Crippen molar-refractivity contribution >= 4 is 0 Å². The number of hydrogen-bond donors (Lipinski definition) is 1. The van der Waals surface area contributed by atoms with E-state index in [1.54, 1.807) is 4.68 Å². The van der Waals surface area contributed by atoms with Crippen LogP contribution in [-0.4, -0.2) is 15.8 Å². The van der Waals surface area contributed by atoms with Gasteiger partial charge >= 0.3 is 0 Å². The van der Waals surface area contributed by atoms with Gasteiger partial charge in [0.15, 0.2) is 0 Å². The number of fused-ring (bicyclic) bond motifs is 1. The third kappa shape index (κ3) is 2.56. The summed E-state index contributed by atoms with van der Waals surface area (Å²) < 4.78 is 7.90. The summed E-state index contributed by atoms with van der Waals surface area (Å²) in [6.45, 7) is 1.96. The van der Waals surface area contributed by atoms with Crippen molar-refractivity contribution in [2.24, 2.45) is 12.8 Å². The van der Waals surface area contributed by atoms with Crippen LogP contribution in [0.25, 0.3) is 0 Å². The lowest BCUT2D eigenvalue weighted by Gasteiger charge is -2.21. The molecule has 4 heteroatoms. The maximum Gasteiger partial charge on any atom is 0.141 e. The van der Waals surface area contributed by atoms with Gasteiger partial charge in [-0.25, -0.2) is 0 Å². The van der Waals surface area contributed by atoms with E-state index < -0.39 is 0 Å². The zero-order valence-electron chi connectivity index (χ0n) is 12.0. The van der Waals surface area contributed by atoms with Crippen molar-refractivity contribution in [3.63, 3.8) is 0 Å². The van der Waals surface area contributed by atoms with E-state index in [0.29, 0.717) is 0 Å². The molecule has 0 fully saturated rings. The lowest BCUT2D eigenvalue weighted by molar-refractivity contribution is 0.180. The van der Waals surface area contributed by atoms with E-state index in [9.17, 15) is 0 Å². The molecule has 1 heterocycles. The molecular weight excluding hydrogens is 250 g/mol. The number of rotatable bonds is 4. The minimum atomic E-state index is -0.164. The minimum absolute atomic E-state index is 0.0903. The highest BCUT2D eigenvalue weighted by atomic mass is 16.5. The van der Waals surface area contributed by atoms with E-state index in [2.05, 4.69) is 23.3 Å². The topological polar surface area (TPSA) is 53.1 Å². The van der Waals surface area contributed by atoms with E-state index in [1.165, 1.54) is 24.0 Å². The summed E-state index contributed by atoms with van der Waals surface area (Å²) in [7, 11) is 1.90. The van der Waals surface area contributed by atoms with Gasteiger partial charge in [-0.15, -0.1) is 0 Å². The fraction of sp³-hybridized carbons (Fsp3) is 0.438. The third-order valence-electron chi connectivity index (χ3n) is 3.86. The van der Waals surface area contributed by atoms with Crippen LogP contribution in [0.15, 0.2) is 30.6 Å². The van der Waals surface area contributed by atoms with E-state index in [0.717, 1.165) is 17.7 Å². The molecule has 1 aliphatic rings. The summed E-state index contributed by atoms with van der Waals surface area (Å²) in [6, 6.07) is 6.30. The van der Waals surface area contributed by atoms with Crippen molar-refractivity contribution < 1.29 is 4.74 Å². The maximum absolute atomic E-state index is 6.12. The molecule has 2 atom stereocenters. The number of aryl methyl sites for hydroxylation is 3. The molecule has 2 N–H and O–H groups in total. The summed E-state index contributed by atoms with van der Waals surface area (Å²) in [5, 5.41) is 4.20. The summed E-state index contributed by atoms with van der Waals surface area (Å²) >= 11 is 0. The van der Waals surface area contributed by atoms with Gasteiger partial charge < -0.3 is 10.5 Å². The first-order valence-corrected chi connectivity index (χ1v) is 7.16. The Morgan fingerprint density at radius 1 is 1.30 bits per heavy atom. The van der Waals surface area contributed by atoms with Gasteiger partial charge in [-0.3, -0.25) is 4.68 Å². The molecule has 0 bridgehead atoms. The zero-order chi connectivity index (χ0) is 14.1. The number of nitrogens with two attached hydrogens (primary N) is 1. The van der Waals surface area contributed by atoms with Crippen molar-refractivity contribution in [1.82, 2.24) is 9.78 Å². The van der Waals surface area contributed by atoms with Crippen LogP contribution in [0.4, 0.5) is 0 Å². The SMILES string of the molecule is CC(N)C(Oc1ccc2c(c1)CCC2)c1cnn(C)c1. The molecule has 0 saturated heterocycles. The summed E-state index contributed by atoms with van der Waals surface area (Å²) in [4.78, 5) is 0. The first-order valence-electron chi connectivity index (χ1n) is 7.16. The van der Waals surface area contributed by atoms with Crippen molar-refractivity contribution in [3.8, 4) is 5.75 Å².